The maximum Gasteiger partial charge on any atom is 0.191 e. The molecule has 2 rings (SSSR count). The number of benzene rings is 1. The molecule has 0 spiro atoms. The Balaban J connectivity index is 0.00000264. The molecule has 0 aliphatic rings. The second kappa shape index (κ2) is 10.1. The fourth-order valence-electron chi connectivity index (χ4n) is 1.97. The number of nitrogens with one attached hydrogen (secondary N) is 3. The van der Waals surface area contributed by atoms with E-state index in [9.17, 15) is 0 Å². The average molecular weight is 429 g/mol. The standard InChI is InChI=1S/C16H23N5O.HI/c1-12-6-4-5-7-15(12)22-13(2)10-18-16(17-3)19-11-14-8-9-20-21-14;/h4-9,13H,10-11H2,1-3H3,(H,20,21)(H2,17,18,19);1H. The van der Waals surface area contributed by atoms with Crippen LogP contribution >= 0.6 is 24.0 Å². The van der Waals surface area contributed by atoms with Crippen LogP contribution in [0.4, 0.5) is 0 Å². The monoisotopic (exact) mass is 429 g/mol. The molecule has 0 fully saturated rings. The van der Waals surface area contributed by atoms with Gasteiger partial charge in [-0.2, -0.15) is 5.10 Å². The van der Waals surface area contributed by atoms with Crippen molar-refractivity contribution in [1.29, 1.82) is 0 Å². The van der Waals surface area contributed by atoms with Crippen LogP contribution in [0.5, 0.6) is 5.75 Å². The van der Waals surface area contributed by atoms with Gasteiger partial charge in [0.2, 0.25) is 0 Å². The molecule has 1 aromatic heterocycles. The highest BCUT2D eigenvalue weighted by molar-refractivity contribution is 14.0. The first-order valence-corrected chi connectivity index (χ1v) is 7.34. The lowest BCUT2D eigenvalue weighted by molar-refractivity contribution is 0.222. The Labute approximate surface area is 154 Å². The number of H-pyrrole nitrogens is 1. The van der Waals surface area contributed by atoms with Crippen LogP contribution in [0.2, 0.25) is 0 Å². The van der Waals surface area contributed by atoms with Gasteiger partial charge in [-0.05, 0) is 31.5 Å². The molecular formula is C16H24IN5O. The number of aromatic amines is 1. The van der Waals surface area contributed by atoms with Crippen molar-refractivity contribution in [3.8, 4) is 5.75 Å². The number of ether oxygens (including phenoxy) is 1. The minimum absolute atomic E-state index is 0. The van der Waals surface area contributed by atoms with E-state index in [1.165, 1.54) is 0 Å². The minimum Gasteiger partial charge on any atom is -0.489 e. The van der Waals surface area contributed by atoms with Crippen LogP contribution in [-0.2, 0) is 6.54 Å². The number of nitrogens with zero attached hydrogens (tertiary/aromatic N) is 2. The Morgan fingerprint density at radius 2 is 2.09 bits per heavy atom. The van der Waals surface area contributed by atoms with Crippen LogP contribution in [0.25, 0.3) is 0 Å². The number of aliphatic imine (C=N–C) groups is 1. The lowest BCUT2D eigenvalue weighted by Gasteiger charge is -2.18. The molecule has 0 aliphatic heterocycles. The molecular weight excluding hydrogens is 405 g/mol. The van der Waals surface area contributed by atoms with Gasteiger partial charge in [0.05, 0.1) is 18.8 Å². The SMILES string of the molecule is CN=C(NCc1ccn[nH]1)NCC(C)Oc1ccccc1C.I. The van der Waals surface area contributed by atoms with Crippen molar-refractivity contribution in [2.45, 2.75) is 26.5 Å². The molecule has 3 N–H and O–H groups in total. The zero-order valence-electron chi connectivity index (χ0n) is 13.7. The normalized spacial score (nSPS) is 12.2. The van der Waals surface area contributed by atoms with Gasteiger partial charge in [-0.1, -0.05) is 18.2 Å². The predicted molar refractivity (Wildman–Crippen MR) is 103 cm³/mol. The van der Waals surface area contributed by atoms with E-state index in [1.807, 2.05) is 44.2 Å². The van der Waals surface area contributed by atoms with Crippen LogP contribution in [0.3, 0.4) is 0 Å². The maximum atomic E-state index is 5.93. The average Bonchev–Trinajstić information content (AvgIpc) is 3.03. The molecule has 1 unspecified atom stereocenters. The zero-order chi connectivity index (χ0) is 15.8. The molecule has 2 aromatic rings. The molecule has 0 radical (unpaired) electrons. The topological polar surface area (TPSA) is 74.3 Å². The van der Waals surface area contributed by atoms with Crippen LogP contribution in [0.1, 0.15) is 18.2 Å². The van der Waals surface area contributed by atoms with E-state index in [2.05, 4.69) is 25.8 Å². The highest BCUT2D eigenvalue weighted by Crippen LogP contribution is 2.17. The molecule has 0 saturated heterocycles. The van der Waals surface area contributed by atoms with E-state index in [0.717, 1.165) is 23.0 Å². The number of hydrogen-bond donors (Lipinski definition) is 3. The maximum absolute atomic E-state index is 5.93. The van der Waals surface area contributed by atoms with Crippen molar-refractivity contribution in [2.75, 3.05) is 13.6 Å². The van der Waals surface area contributed by atoms with Crippen LogP contribution in [-0.4, -0.2) is 35.9 Å². The summed E-state index contributed by atoms with van der Waals surface area (Å²) in [5, 5.41) is 13.3. The Bertz CT molecular complexity index is 600. The second-order valence-corrected chi connectivity index (χ2v) is 5.08. The van der Waals surface area contributed by atoms with E-state index in [0.29, 0.717) is 13.1 Å². The summed E-state index contributed by atoms with van der Waals surface area (Å²) in [6.45, 7) is 5.38. The van der Waals surface area contributed by atoms with Crippen LogP contribution in [0.15, 0.2) is 41.5 Å². The molecule has 1 heterocycles. The zero-order valence-corrected chi connectivity index (χ0v) is 16.0. The molecule has 1 aromatic carbocycles. The smallest absolute Gasteiger partial charge is 0.191 e. The van der Waals surface area contributed by atoms with Gasteiger partial charge in [0.25, 0.3) is 0 Å². The highest BCUT2D eigenvalue weighted by Gasteiger charge is 2.07. The van der Waals surface area contributed by atoms with Gasteiger partial charge in [0, 0.05) is 13.2 Å². The Hall–Kier alpha value is -1.77. The van der Waals surface area contributed by atoms with E-state index < -0.39 is 0 Å². The molecule has 0 bridgehead atoms. The molecule has 126 valence electrons. The van der Waals surface area contributed by atoms with Crippen molar-refractivity contribution < 1.29 is 4.74 Å². The molecule has 7 heteroatoms. The number of halogens is 1. The van der Waals surface area contributed by atoms with Gasteiger partial charge >= 0.3 is 0 Å². The van der Waals surface area contributed by atoms with Gasteiger partial charge < -0.3 is 15.4 Å². The van der Waals surface area contributed by atoms with E-state index in [-0.39, 0.29) is 30.1 Å². The largest absolute Gasteiger partial charge is 0.489 e. The van der Waals surface area contributed by atoms with Crippen molar-refractivity contribution in [3.05, 3.63) is 47.8 Å². The van der Waals surface area contributed by atoms with Gasteiger partial charge in [0.1, 0.15) is 11.9 Å². The number of para-hydroxylation sites is 1. The molecule has 1 atom stereocenters. The van der Waals surface area contributed by atoms with Crippen molar-refractivity contribution in [1.82, 2.24) is 20.8 Å². The van der Waals surface area contributed by atoms with Crippen LogP contribution in [0, 0.1) is 6.92 Å². The fraction of sp³-hybridized carbons (Fsp3) is 0.375. The summed E-state index contributed by atoms with van der Waals surface area (Å²) in [5.74, 6) is 1.65. The van der Waals surface area contributed by atoms with Crippen LogP contribution < -0.4 is 15.4 Å². The summed E-state index contributed by atoms with van der Waals surface area (Å²) < 4.78 is 5.93. The van der Waals surface area contributed by atoms with Gasteiger partial charge in [0.15, 0.2) is 5.96 Å². The summed E-state index contributed by atoms with van der Waals surface area (Å²) in [7, 11) is 1.75. The lowest BCUT2D eigenvalue weighted by atomic mass is 10.2. The number of rotatable bonds is 6. The summed E-state index contributed by atoms with van der Waals surface area (Å²) in [4.78, 5) is 4.19. The quantitative estimate of drug-likeness (QED) is 0.375. The lowest BCUT2D eigenvalue weighted by Crippen LogP contribution is -2.41. The molecule has 0 aliphatic carbocycles. The van der Waals surface area contributed by atoms with E-state index in [4.69, 9.17) is 4.74 Å². The summed E-state index contributed by atoms with van der Waals surface area (Å²) in [6.07, 6.45) is 1.76. The summed E-state index contributed by atoms with van der Waals surface area (Å²) in [6, 6.07) is 9.93. The molecule has 0 amide bonds. The molecule has 23 heavy (non-hydrogen) atoms. The number of aryl methyl sites for hydroxylation is 1. The summed E-state index contributed by atoms with van der Waals surface area (Å²) >= 11 is 0. The molecule has 6 nitrogen and oxygen atoms in total. The second-order valence-electron chi connectivity index (χ2n) is 5.08. The van der Waals surface area contributed by atoms with Gasteiger partial charge in [-0.15, -0.1) is 24.0 Å². The first kappa shape index (κ1) is 19.3. The predicted octanol–water partition coefficient (Wildman–Crippen LogP) is 2.47. The first-order valence-electron chi connectivity index (χ1n) is 7.34. The number of hydrogen-bond acceptors (Lipinski definition) is 3. The molecule has 0 saturated carbocycles. The Kier molecular flexibility index (Phi) is 8.46. The van der Waals surface area contributed by atoms with E-state index in [1.54, 1.807) is 13.2 Å². The number of guanidine groups is 1. The minimum atomic E-state index is 0. The Morgan fingerprint density at radius 1 is 1.30 bits per heavy atom. The van der Waals surface area contributed by atoms with Crippen molar-refractivity contribution in [3.63, 3.8) is 0 Å². The highest BCUT2D eigenvalue weighted by atomic mass is 127. The van der Waals surface area contributed by atoms with E-state index >= 15 is 0 Å². The third-order valence-electron chi connectivity index (χ3n) is 3.21. The number of aromatic nitrogens is 2. The third-order valence-corrected chi connectivity index (χ3v) is 3.21. The Morgan fingerprint density at radius 3 is 2.74 bits per heavy atom. The first-order chi connectivity index (χ1) is 10.7. The van der Waals surface area contributed by atoms with Crippen molar-refractivity contribution >= 4 is 29.9 Å². The van der Waals surface area contributed by atoms with Crippen molar-refractivity contribution in [2.24, 2.45) is 4.99 Å². The fourth-order valence-corrected chi connectivity index (χ4v) is 1.97. The third kappa shape index (κ3) is 6.47. The summed E-state index contributed by atoms with van der Waals surface area (Å²) in [5.41, 5.74) is 2.14. The van der Waals surface area contributed by atoms with Gasteiger partial charge in [-0.3, -0.25) is 10.1 Å². The van der Waals surface area contributed by atoms with Gasteiger partial charge in [-0.25, -0.2) is 0 Å².